The molecule has 0 unspecified atom stereocenters. The number of rotatable bonds is 7. The van der Waals surface area contributed by atoms with Gasteiger partial charge in [-0.05, 0) is 48.7 Å². The second kappa shape index (κ2) is 8.70. The zero-order valence-corrected chi connectivity index (χ0v) is 18.2. The highest BCUT2D eigenvalue weighted by atomic mass is 16.5. The van der Waals surface area contributed by atoms with E-state index in [0.29, 0.717) is 34.8 Å². The van der Waals surface area contributed by atoms with Gasteiger partial charge in [-0.3, -0.25) is 14.2 Å². The standard InChI is InChI=1S/C23H25N5O4/c1-15(2)12-13-26-21(30)18-6-4-5-7-19(18)28-22(26)25-27(23(28)31)14-20(29)24-16-8-10-17(32-3)11-9-16/h4-11,15H,12-14H2,1-3H3,(H,24,29). The average Bonchev–Trinajstić information content (AvgIpc) is 3.09. The largest absolute Gasteiger partial charge is 0.497 e. The van der Waals surface area contributed by atoms with Gasteiger partial charge < -0.3 is 10.1 Å². The first-order valence-corrected chi connectivity index (χ1v) is 10.4. The van der Waals surface area contributed by atoms with E-state index < -0.39 is 11.6 Å². The van der Waals surface area contributed by atoms with Crippen LogP contribution in [0.15, 0.2) is 58.1 Å². The van der Waals surface area contributed by atoms with Crippen LogP contribution in [0.5, 0.6) is 5.75 Å². The Bertz CT molecular complexity index is 1400. The molecule has 166 valence electrons. The van der Waals surface area contributed by atoms with Crippen LogP contribution < -0.4 is 21.3 Å². The van der Waals surface area contributed by atoms with Crippen molar-refractivity contribution in [2.45, 2.75) is 33.4 Å². The molecule has 0 aliphatic heterocycles. The van der Waals surface area contributed by atoms with E-state index in [4.69, 9.17) is 4.74 Å². The SMILES string of the molecule is COc1ccc(NC(=O)Cn2nc3n(CCC(C)C)c(=O)c4ccccc4n3c2=O)cc1. The zero-order chi connectivity index (χ0) is 22.8. The molecule has 0 spiro atoms. The van der Waals surface area contributed by atoms with Crippen molar-refractivity contribution in [3.8, 4) is 5.75 Å². The number of nitrogens with zero attached hydrogens (tertiary/aromatic N) is 4. The molecular formula is C23H25N5O4. The Morgan fingerprint density at radius 3 is 2.50 bits per heavy atom. The lowest BCUT2D eigenvalue weighted by atomic mass is 10.1. The lowest BCUT2D eigenvalue weighted by Crippen LogP contribution is -2.29. The Morgan fingerprint density at radius 1 is 1.09 bits per heavy atom. The van der Waals surface area contributed by atoms with E-state index in [0.717, 1.165) is 11.1 Å². The Hall–Kier alpha value is -3.88. The number of para-hydroxylation sites is 1. The third kappa shape index (κ3) is 4.01. The van der Waals surface area contributed by atoms with Crippen LogP contribution in [0.1, 0.15) is 20.3 Å². The minimum atomic E-state index is -0.473. The van der Waals surface area contributed by atoms with Gasteiger partial charge in [-0.2, -0.15) is 0 Å². The molecule has 2 aromatic heterocycles. The van der Waals surface area contributed by atoms with E-state index in [-0.39, 0.29) is 17.9 Å². The van der Waals surface area contributed by atoms with Crippen LogP contribution in [0.4, 0.5) is 5.69 Å². The number of fused-ring (bicyclic) bond motifs is 3. The third-order valence-electron chi connectivity index (χ3n) is 5.28. The van der Waals surface area contributed by atoms with Crippen LogP contribution in [0.3, 0.4) is 0 Å². The number of aryl methyl sites for hydroxylation is 1. The summed E-state index contributed by atoms with van der Waals surface area (Å²) in [5, 5.41) is 7.54. The quantitative estimate of drug-likeness (QED) is 0.481. The molecule has 9 nitrogen and oxygen atoms in total. The highest BCUT2D eigenvalue weighted by molar-refractivity contribution is 5.90. The second-order valence-corrected chi connectivity index (χ2v) is 8.01. The predicted molar refractivity (Wildman–Crippen MR) is 122 cm³/mol. The molecular weight excluding hydrogens is 410 g/mol. The number of methoxy groups -OCH3 is 1. The van der Waals surface area contributed by atoms with Crippen LogP contribution in [-0.2, 0) is 17.9 Å². The van der Waals surface area contributed by atoms with Crippen LogP contribution in [0.25, 0.3) is 16.7 Å². The molecule has 9 heteroatoms. The summed E-state index contributed by atoms with van der Waals surface area (Å²) in [6.45, 7) is 4.29. The molecule has 4 aromatic rings. The van der Waals surface area contributed by atoms with Gasteiger partial charge in [0.15, 0.2) is 0 Å². The zero-order valence-electron chi connectivity index (χ0n) is 18.2. The van der Waals surface area contributed by atoms with Crippen molar-refractivity contribution in [3.05, 3.63) is 69.4 Å². The smallest absolute Gasteiger partial charge is 0.352 e. The summed E-state index contributed by atoms with van der Waals surface area (Å²) in [5.41, 5.74) is 0.375. The van der Waals surface area contributed by atoms with Gasteiger partial charge in [0, 0.05) is 12.2 Å². The molecule has 0 atom stereocenters. The highest BCUT2D eigenvalue weighted by Crippen LogP contribution is 2.15. The number of hydrogen-bond donors (Lipinski definition) is 1. The predicted octanol–water partition coefficient (Wildman–Crippen LogP) is 2.50. The molecule has 2 heterocycles. The summed E-state index contributed by atoms with van der Waals surface area (Å²) in [6.07, 6.45) is 0.757. The number of hydrogen-bond acceptors (Lipinski definition) is 5. The minimum Gasteiger partial charge on any atom is -0.497 e. The minimum absolute atomic E-state index is 0.200. The fourth-order valence-electron chi connectivity index (χ4n) is 3.57. The van der Waals surface area contributed by atoms with Gasteiger partial charge in [0.25, 0.3) is 5.56 Å². The highest BCUT2D eigenvalue weighted by Gasteiger charge is 2.18. The first-order valence-electron chi connectivity index (χ1n) is 10.4. The first-order chi connectivity index (χ1) is 15.4. The second-order valence-electron chi connectivity index (χ2n) is 8.01. The number of ether oxygens (including phenoxy) is 1. The number of carbonyl (C=O) groups excluding carboxylic acids is 1. The number of anilines is 1. The summed E-state index contributed by atoms with van der Waals surface area (Å²) in [6, 6.07) is 13.8. The number of aromatic nitrogens is 4. The van der Waals surface area contributed by atoms with Gasteiger partial charge in [0.1, 0.15) is 12.3 Å². The molecule has 0 aliphatic carbocycles. The van der Waals surface area contributed by atoms with Crippen LogP contribution >= 0.6 is 0 Å². The van der Waals surface area contributed by atoms with Gasteiger partial charge in [-0.25, -0.2) is 13.9 Å². The average molecular weight is 435 g/mol. The maximum absolute atomic E-state index is 13.2. The molecule has 0 radical (unpaired) electrons. The van der Waals surface area contributed by atoms with Gasteiger partial charge >= 0.3 is 5.69 Å². The fourth-order valence-corrected chi connectivity index (χ4v) is 3.57. The first kappa shape index (κ1) is 21.4. The summed E-state index contributed by atoms with van der Waals surface area (Å²) in [7, 11) is 1.56. The topological polar surface area (TPSA) is 99.6 Å². The van der Waals surface area contributed by atoms with E-state index in [1.165, 1.54) is 8.97 Å². The molecule has 0 saturated carbocycles. The van der Waals surface area contributed by atoms with Crippen molar-refractivity contribution in [1.82, 2.24) is 18.7 Å². The third-order valence-corrected chi connectivity index (χ3v) is 5.28. The molecule has 0 saturated heterocycles. The Morgan fingerprint density at radius 2 is 1.81 bits per heavy atom. The molecule has 0 bridgehead atoms. The van der Waals surface area contributed by atoms with Gasteiger partial charge in [-0.1, -0.05) is 26.0 Å². The van der Waals surface area contributed by atoms with Crippen LogP contribution in [-0.4, -0.2) is 31.8 Å². The van der Waals surface area contributed by atoms with E-state index in [1.807, 2.05) is 0 Å². The molecule has 0 aliphatic rings. The number of amides is 1. The van der Waals surface area contributed by atoms with Crippen molar-refractivity contribution in [1.29, 1.82) is 0 Å². The van der Waals surface area contributed by atoms with Crippen molar-refractivity contribution in [2.75, 3.05) is 12.4 Å². The van der Waals surface area contributed by atoms with E-state index >= 15 is 0 Å². The molecule has 4 rings (SSSR count). The number of benzene rings is 2. The van der Waals surface area contributed by atoms with Gasteiger partial charge in [0.05, 0.1) is 18.0 Å². The van der Waals surface area contributed by atoms with E-state index in [9.17, 15) is 14.4 Å². The maximum Gasteiger partial charge on any atom is 0.352 e. The number of nitrogens with one attached hydrogen (secondary N) is 1. The Labute approximate surface area is 183 Å². The van der Waals surface area contributed by atoms with Gasteiger partial charge in [-0.15, -0.1) is 5.10 Å². The Balaban J connectivity index is 1.74. The van der Waals surface area contributed by atoms with Crippen molar-refractivity contribution in [3.63, 3.8) is 0 Å². The summed E-state index contributed by atoms with van der Waals surface area (Å²) in [4.78, 5) is 38.8. The van der Waals surface area contributed by atoms with Crippen LogP contribution in [0.2, 0.25) is 0 Å². The monoisotopic (exact) mass is 435 g/mol. The maximum atomic E-state index is 13.2. The van der Waals surface area contributed by atoms with Crippen LogP contribution in [0, 0.1) is 5.92 Å². The summed E-state index contributed by atoms with van der Waals surface area (Å²) >= 11 is 0. The molecule has 1 N–H and O–H groups in total. The lowest BCUT2D eigenvalue weighted by Gasteiger charge is -2.10. The lowest BCUT2D eigenvalue weighted by molar-refractivity contribution is -0.117. The molecule has 32 heavy (non-hydrogen) atoms. The molecule has 0 fully saturated rings. The summed E-state index contributed by atoms with van der Waals surface area (Å²) < 4.78 is 9.12. The van der Waals surface area contributed by atoms with Crippen molar-refractivity contribution < 1.29 is 9.53 Å². The fraction of sp³-hybridized carbons (Fsp3) is 0.304. The normalized spacial score (nSPS) is 11.4. The van der Waals surface area contributed by atoms with Crippen molar-refractivity contribution in [2.24, 2.45) is 5.92 Å². The molecule has 2 aromatic carbocycles. The summed E-state index contributed by atoms with van der Waals surface area (Å²) in [5.74, 6) is 0.876. The van der Waals surface area contributed by atoms with E-state index in [2.05, 4.69) is 24.3 Å². The van der Waals surface area contributed by atoms with E-state index in [1.54, 1.807) is 55.6 Å². The molecule has 1 amide bonds. The van der Waals surface area contributed by atoms with Crippen molar-refractivity contribution >= 4 is 28.3 Å². The Kier molecular flexibility index (Phi) is 5.81. The number of carbonyl (C=O) groups is 1. The van der Waals surface area contributed by atoms with Gasteiger partial charge in [0.2, 0.25) is 11.7 Å².